The first kappa shape index (κ1) is 97.6. The molecule has 9 aliphatic rings. The minimum Gasteiger partial charge on any atom is -0.463 e. The lowest BCUT2D eigenvalue weighted by atomic mass is 9.92. The number of ether oxygens (including phenoxy) is 7. The first-order valence-corrected chi connectivity index (χ1v) is 48.0. The fourth-order valence-corrected chi connectivity index (χ4v) is 17.6. The second-order valence-corrected chi connectivity index (χ2v) is 37.3. The van der Waals surface area contributed by atoms with Crippen LogP contribution in [0.5, 0.6) is 30.1 Å². The fourth-order valence-electron chi connectivity index (χ4n) is 17.6. The minimum atomic E-state index is 0.0609. The third-order valence-electron chi connectivity index (χ3n) is 25.2. The number of anilines is 10. The van der Waals surface area contributed by atoms with Gasteiger partial charge < -0.3 is 91.2 Å². The van der Waals surface area contributed by atoms with Crippen LogP contribution in [0.3, 0.4) is 0 Å². The summed E-state index contributed by atoms with van der Waals surface area (Å²) in [5.74, 6) is 8.89. The molecule has 0 spiro atoms. The Balaban J connectivity index is 0.000000135. The molecule has 9 aromatic heterocycles. The van der Waals surface area contributed by atoms with Crippen LogP contribution in [0, 0.1) is 45.4 Å². The van der Waals surface area contributed by atoms with Crippen LogP contribution >= 0.6 is 0 Å². The van der Waals surface area contributed by atoms with E-state index >= 15 is 0 Å². The second kappa shape index (κ2) is 47.0. The number of nitrogens with zero attached hydrogens (tertiary/aromatic N) is 20. The van der Waals surface area contributed by atoms with Gasteiger partial charge in [0.15, 0.2) is 0 Å². The normalized spacial score (nSPS) is 17.7. The summed E-state index contributed by atoms with van der Waals surface area (Å²) in [6.07, 6.45) is 27.3. The van der Waals surface area contributed by atoms with Crippen molar-refractivity contribution in [3.63, 3.8) is 0 Å². The summed E-state index contributed by atoms with van der Waals surface area (Å²) < 4.78 is 39.9. The average Bonchev–Trinajstić information content (AvgIpc) is 1.79. The van der Waals surface area contributed by atoms with E-state index in [1.54, 1.807) is 0 Å². The van der Waals surface area contributed by atoms with E-state index in [9.17, 15) is 0 Å². The van der Waals surface area contributed by atoms with Crippen molar-refractivity contribution in [1.29, 1.82) is 0 Å². The van der Waals surface area contributed by atoms with Crippen molar-refractivity contribution >= 4 is 58.2 Å². The third-order valence-corrected chi connectivity index (χ3v) is 25.2. The van der Waals surface area contributed by atoms with Gasteiger partial charge in [-0.05, 0) is 177 Å². The number of rotatable bonds is 31. The molecule has 3 saturated heterocycles. The van der Waals surface area contributed by atoms with Gasteiger partial charge in [0.25, 0.3) is 0 Å². The number of aromatic nitrogens is 14. The zero-order chi connectivity index (χ0) is 94.3. The Labute approximate surface area is 790 Å². The van der Waals surface area contributed by atoms with Crippen LogP contribution < -0.4 is 76.9 Å². The molecule has 0 amide bonds. The number of likely N-dealkylation sites (tertiary alicyclic amines) is 1. The Morgan fingerprint density at radius 2 is 0.769 bits per heavy atom. The molecule has 10 N–H and O–H groups in total. The first-order chi connectivity index (χ1) is 64.8. The Morgan fingerprint density at radius 3 is 1.11 bits per heavy atom. The molecule has 0 aromatic carbocycles. The molecule has 2 unspecified atom stereocenters. The highest BCUT2D eigenvalue weighted by Gasteiger charge is 2.34. The molecule has 1 saturated carbocycles. The molecule has 3 atom stereocenters. The van der Waals surface area contributed by atoms with E-state index in [0.717, 1.165) is 259 Å². The molecule has 17 heterocycles. The van der Waals surface area contributed by atoms with Crippen LogP contribution in [-0.4, -0.2) is 192 Å². The largest absolute Gasteiger partial charge is 0.463 e. The first-order valence-electron chi connectivity index (χ1n) is 48.0. The summed E-state index contributed by atoms with van der Waals surface area (Å²) in [7, 11) is 0. The molecule has 134 heavy (non-hydrogen) atoms. The smallest absolute Gasteiger partial charge is 0.320 e. The van der Waals surface area contributed by atoms with E-state index in [1.807, 2.05) is 83.7 Å². The summed E-state index contributed by atoms with van der Waals surface area (Å²) >= 11 is 0. The maximum atomic E-state index is 6.27. The maximum absolute atomic E-state index is 6.27. The number of pyridine rings is 4. The molecular weight excluding hydrogens is 1690 g/mol. The lowest BCUT2D eigenvalue weighted by Crippen LogP contribution is -2.38. The van der Waals surface area contributed by atoms with E-state index < -0.39 is 0 Å². The van der Waals surface area contributed by atoms with Crippen molar-refractivity contribution < 1.29 is 33.2 Å². The standard InChI is InChI=1S/C23H37N5O.2C20H25N5O2.C20H27N5O.C19H25N5O/c1-3-4-13-29-23-25-21(24)20-14-17(2)15-28(22(20)26-23)12-9-18-7-10-27(11-8-18)16-19-5-6-19;1-13-7-17-18(21)23-20(27-12-16-5-6-26-11-16)24-19(17)25(9-13)10-15-4-3-14(2)22-8-15;1-13-8-17-18(21)23-20(27-12-16-4-3-7-26-16)24-19(17)25(10-13)11-15-6-5-14(2)22-9-15;1-5-6-15(4)26-20-23-18(21)17-9-13(2)11-25(19(17)24-20)12-16-8-7-14(3)22-10-16;1-4-5-8-25-19-22-17(20)16-9-13(2)11-24(18(16)23-19)12-15-7-6-14(3)21-10-15/h18-19H,2-16H2,1H3,(H2,24,25,26);3-4,8,16H,1,5-7,9-12H2,2H3,(H2,21,23,24);5-6,9,16H,1,3-4,7-8,10-12H2,2H3,(H2,21,23,24);7-8,10,15H,2,5-6,9,11-12H2,1,3-4H3,(H2,21,23,24);6-7,10H,2,4-5,8-9,11-12H2,1,3H3,(H2,20,22,23)/t;;;15-;/m...0./s1. The number of aryl methyl sites for hydroxylation is 4. The summed E-state index contributed by atoms with van der Waals surface area (Å²) in [6, 6.07) is 18.2. The van der Waals surface area contributed by atoms with Gasteiger partial charge in [0.2, 0.25) is 0 Å². The van der Waals surface area contributed by atoms with Crippen molar-refractivity contribution in [1.82, 2.24) is 74.7 Å². The molecule has 18 rings (SSSR count). The number of hydrogen-bond donors (Lipinski definition) is 5. The van der Waals surface area contributed by atoms with Gasteiger partial charge in [-0.15, -0.1) is 0 Å². The zero-order valence-electron chi connectivity index (χ0n) is 80.1. The highest BCUT2D eigenvalue weighted by Crippen LogP contribution is 2.41. The topological polar surface area (TPSA) is 395 Å². The quantitative estimate of drug-likeness (QED) is 0.0199. The molecule has 8 aliphatic heterocycles. The number of unbranched alkanes of at least 4 members (excludes halogenated alkanes) is 2. The Morgan fingerprint density at radius 1 is 0.403 bits per heavy atom. The lowest BCUT2D eigenvalue weighted by molar-refractivity contribution is 0.0646. The van der Waals surface area contributed by atoms with Gasteiger partial charge in [-0.1, -0.05) is 125 Å². The molecule has 1 aliphatic carbocycles. The van der Waals surface area contributed by atoms with E-state index in [4.69, 9.17) is 66.8 Å². The Kier molecular flexibility index (Phi) is 34.2. The number of piperidine rings is 1. The van der Waals surface area contributed by atoms with Crippen molar-refractivity contribution in [2.75, 3.05) is 158 Å². The minimum absolute atomic E-state index is 0.0609. The van der Waals surface area contributed by atoms with Crippen molar-refractivity contribution in [3.8, 4) is 30.1 Å². The summed E-state index contributed by atoms with van der Waals surface area (Å²) in [5, 5.41) is 0. The third kappa shape index (κ3) is 27.7. The van der Waals surface area contributed by atoms with Gasteiger partial charge in [0.05, 0.1) is 38.6 Å². The zero-order valence-corrected chi connectivity index (χ0v) is 80.1. The van der Waals surface area contributed by atoms with Gasteiger partial charge in [-0.25, -0.2) is 0 Å². The van der Waals surface area contributed by atoms with Gasteiger partial charge in [0.1, 0.15) is 64.8 Å². The van der Waals surface area contributed by atoms with Crippen molar-refractivity contribution in [2.45, 2.75) is 216 Å². The van der Waals surface area contributed by atoms with E-state index in [0.29, 0.717) is 143 Å². The van der Waals surface area contributed by atoms with E-state index in [2.05, 4.69) is 172 Å². The van der Waals surface area contributed by atoms with Crippen LogP contribution in [0.1, 0.15) is 190 Å². The van der Waals surface area contributed by atoms with Gasteiger partial charge >= 0.3 is 30.1 Å². The van der Waals surface area contributed by atoms with E-state index in [1.165, 1.54) is 57.3 Å². The highest BCUT2D eigenvalue weighted by atomic mass is 16.5. The molecule has 4 fully saturated rings. The molecule has 0 bridgehead atoms. The van der Waals surface area contributed by atoms with Crippen LogP contribution in [0.25, 0.3) is 0 Å². The fraction of sp³-hybridized carbons (Fsp3) is 0.510. The number of nitrogen functional groups attached to an aromatic ring is 5. The molecule has 32 heteroatoms. The van der Waals surface area contributed by atoms with Crippen LogP contribution in [0.4, 0.5) is 58.2 Å². The van der Waals surface area contributed by atoms with Crippen LogP contribution in [-0.2, 0) is 67.8 Å². The number of fused-ring (bicyclic) bond motifs is 5. The van der Waals surface area contributed by atoms with Gasteiger partial charge in [-0.2, -0.15) is 49.8 Å². The molecule has 32 nitrogen and oxygen atoms in total. The Hall–Kier alpha value is -12.4. The molecule has 9 aromatic rings. The monoisotopic (exact) mass is 1830 g/mol. The van der Waals surface area contributed by atoms with Gasteiger partial charge in [0, 0.05) is 199 Å². The number of nitrogens with two attached hydrogens (primary N) is 5. The summed E-state index contributed by atoms with van der Waals surface area (Å²) in [5.41, 5.74) is 49.9. The Bertz CT molecular complexity index is 5330. The van der Waals surface area contributed by atoms with Crippen molar-refractivity contribution in [3.05, 3.63) is 207 Å². The summed E-state index contributed by atoms with van der Waals surface area (Å²) in [6.45, 7) is 53.2. The van der Waals surface area contributed by atoms with Crippen LogP contribution in [0.15, 0.2) is 134 Å². The average molecular weight is 1830 g/mol. The predicted octanol–water partition coefficient (Wildman–Crippen LogP) is 14.9. The summed E-state index contributed by atoms with van der Waals surface area (Å²) in [4.78, 5) is 76.3. The maximum Gasteiger partial charge on any atom is 0.320 e. The van der Waals surface area contributed by atoms with Gasteiger partial charge in [-0.3, -0.25) is 19.9 Å². The second-order valence-electron chi connectivity index (χ2n) is 37.3. The van der Waals surface area contributed by atoms with E-state index in [-0.39, 0.29) is 12.2 Å². The predicted molar refractivity (Wildman–Crippen MR) is 530 cm³/mol. The highest BCUT2D eigenvalue weighted by molar-refractivity contribution is 5.67. The molecule has 0 radical (unpaired) electrons. The molecular formula is C102H139N25O7. The SMILES string of the molecule is C=C1Cc2c(N)nc(OCC3CCCO3)nc2N(Cc2ccc(C)nc2)C1.C=C1Cc2c(N)nc(OCC3CCOC3)nc2N(Cc2ccc(C)nc2)C1.C=C1Cc2c(N)nc(OCCCC)nc2N(CCC2CCN(CC3CC3)CC2)C1.C=C1Cc2c(N)nc(OCCCC)nc2N(Cc2ccc(C)nc2)C1.C=C1Cc2c(N)nc(O[C@@H](C)CCC)nc2N(Cc2ccc(C)nc2)C1. The lowest BCUT2D eigenvalue weighted by Gasteiger charge is -2.35. The molecule has 714 valence electrons. The van der Waals surface area contributed by atoms with Crippen molar-refractivity contribution in [2.24, 2.45) is 17.8 Å². The van der Waals surface area contributed by atoms with Crippen LogP contribution in [0.2, 0.25) is 0 Å². The number of hydrogen-bond acceptors (Lipinski definition) is 32.